The summed E-state index contributed by atoms with van der Waals surface area (Å²) in [5.74, 6) is -3.56. The molecule has 2 aliphatic heterocycles. The number of unbranched alkanes of at least 4 members (excludes halogenated alkanes) is 2. The number of aryl methyl sites for hydroxylation is 1. The zero-order chi connectivity index (χ0) is 45.0. The number of pyridine rings is 2. The summed E-state index contributed by atoms with van der Waals surface area (Å²) in [7, 11) is 0. The fraction of sp³-hybridized carbons (Fsp3) is 0.422. The molecular formula is C45H51FN8O9. The van der Waals surface area contributed by atoms with Crippen LogP contribution in [-0.2, 0) is 65.1 Å². The molecule has 0 spiro atoms. The first-order valence-corrected chi connectivity index (χ1v) is 21.2. The molecule has 4 heterocycles. The molecule has 63 heavy (non-hydrogen) atoms. The number of hydrogen-bond donors (Lipinski definition) is 7. The molecule has 0 bridgehead atoms. The highest BCUT2D eigenvalue weighted by Gasteiger charge is 2.46. The van der Waals surface area contributed by atoms with Crippen molar-refractivity contribution >= 4 is 46.4 Å². The number of nitrogens with one attached hydrogen (secondary N) is 5. The Hall–Kier alpha value is -6.53. The van der Waals surface area contributed by atoms with Gasteiger partial charge in [0.15, 0.2) is 5.60 Å². The van der Waals surface area contributed by atoms with Crippen LogP contribution in [0.1, 0.15) is 90.4 Å². The fourth-order valence-corrected chi connectivity index (χ4v) is 8.69. The zero-order valence-electron chi connectivity index (χ0n) is 35.2. The summed E-state index contributed by atoms with van der Waals surface area (Å²) in [6.07, 6.45) is 3.04. The maximum atomic E-state index is 15.3. The van der Waals surface area contributed by atoms with Crippen molar-refractivity contribution in [3.05, 3.63) is 97.6 Å². The Morgan fingerprint density at radius 1 is 0.968 bits per heavy atom. The van der Waals surface area contributed by atoms with Crippen LogP contribution in [-0.4, -0.2) is 82.4 Å². The van der Waals surface area contributed by atoms with E-state index in [9.17, 15) is 38.7 Å². The van der Waals surface area contributed by atoms with Crippen LogP contribution in [0.4, 0.5) is 4.39 Å². The fourth-order valence-electron chi connectivity index (χ4n) is 8.69. The van der Waals surface area contributed by atoms with E-state index in [1.807, 2.05) is 6.07 Å². The van der Waals surface area contributed by atoms with Gasteiger partial charge in [-0.15, -0.1) is 0 Å². The number of hydrogen-bond acceptors (Lipinski definition) is 11. The van der Waals surface area contributed by atoms with Crippen LogP contribution in [0.15, 0.2) is 47.3 Å². The highest BCUT2D eigenvalue weighted by atomic mass is 19.1. The number of nitrogens with two attached hydrogens (primary N) is 1. The molecule has 17 nitrogen and oxygen atoms in total. The number of rotatable bonds is 17. The number of carbonyl (C=O) groups is 6. The number of cyclic esters (lactones) is 1. The first-order valence-electron chi connectivity index (χ1n) is 21.2. The van der Waals surface area contributed by atoms with Crippen LogP contribution >= 0.6 is 0 Å². The van der Waals surface area contributed by atoms with Crippen molar-refractivity contribution in [2.24, 2.45) is 5.73 Å². The van der Waals surface area contributed by atoms with Gasteiger partial charge >= 0.3 is 5.97 Å². The molecular weight excluding hydrogens is 816 g/mol. The van der Waals surface area contributed by atoms with Gasteiger partial charge < -0.3 is 46.7 Å². The third kappa shape index (κ3) is 9.18. The third-order valence-electron chi connectivity index (χ3n) is 12.1. The number of benzene rings is 2. The summed E-state index contributed by atoms with van der Waals surface area (Å²) in [6.45, 7) is 2.53. The van der Waals surface area contributed by atoms with Crippen LogP contribution in [0.5, 0.6) is 0 Å². The maximum Gasteiger partial charge on any atom is 0.343 e. The lowest BCUT2D eigenvalue weighted by molar-refractivity contribution is -0.172. The molecule has 0 radical (unpaired) electrons. The predicted molar refractivity (Wildman–Crippen MR) is 227 cm³/mol. The molecule has 5 amide bonds. The number of halogens is 1. The first kappa shape index (κ1) is 44.5. The van der Waals surface area contributed by atoms with E-state index in [-0.39, 0.29) is 69.1 Å². The average molecular weight is 867 g/mol. The van der Waals surface area contributed by atoms with Gasteiger partial charge in [0.2, 0.25) is 29.5 Å². The summed E-state index contributed by atoms with van der Waals surface area (Å²) in [5, 5.41) is 25.5. The second-order valence-corrected chi connectivity index (χ2v) is 16.1. The van der Waals surface area contributed by atoms with Crippen molar-refractivity contribution < 1.29 is 43.0 Å². The van der Waals surface area contributed by atoms with Gasteiger partial charge in [0.1, 0.15) is 18.5 Å². The predicted octanol–water partition coefficient (Wildman–Crippen LogP) is 1.23. The van der Waals surface area contributed by atoms with E-state index >= 15 is 4.39 Å². The number of fused-ring (bicyclic) bond motifs is 5. The van der Waals surface area contributed by atoms with E-state index in [2.05, 4.69) is 26.6 Å². The Bertz CT molecular complexity index is 2560. The van der Waals surface area contributed by atoms with Crippen LogP contribution < -0.4 is 37.9 Å². The van der Waals surface area contributed by atoms with E-state index < -0.39 is 58.7 Å². The quantitative estimate of drug-likeness (QED) is 0.0517. The number of ether oxygens (including phenoxy) is 1. The molecule has 0 saturated heterocycles. The Morgan fingerprint density at radius 2 is 1.73 bits per heavy atom. The van der Waals surface area contributed by atoms with E-state index in [0.717, 1.165) is 22.1 Å². The van der Waals surface area contributed by atoms with E-state index in [0.29, 0.717) is 66.7 Å². The minimum Gasteiger partial charge on any atom is -0.458 e. The minimum absolute atomic E-state index is 0.0113. The maximum absolute atomic E-state index is 15.3. The molecule has 2 aromatic heterocycles. The highest BCUT2D eigenvalue weighted by molar-refractivity contribution is 5.94. The summed E-state index contributed by atoms with van der Waals surface area (Å²) in [6, 6.07) is 10.5. The van der Waals surface area contributed by atoms with Crippen molar-refractivity contribution in [2.45, 2.75) is 96.1 Å². The van der Waals surface area contributed by atoms with Crippen molar-refractivity contribution in [2.75, 3.05) is 26.2 Å². The van der Waals surface area contributed by atoms with Gasteiger partial charge in [0.05, 0.1) is 54.7 Å². The van der Waals surface area contributed by atoms with Gasteiger partial charge in [0, 0.05) is 42.0 Å². The number of carbonyl (C=O) groups excluding carboxylic acids is 6. The van der Waals surface area contributed by atoms with Crippen LogP contribution in [0.25, 0.3) is 22.3 Å². The summed E-state index contributed by atoms with van der Waals surface area (Å²) >= 11 is 0. The number of amides is 5. The number of nitrogens with zero attached hydrogens (tertiary/aromatic N) is 2. The summed E-state index contributed by atoms with van der Waals surface area (Å²) in [5.41, 5.74) is 7.97. The van der Waals surface area contributed by atoms with Crippen molar-refractivity contribution in [3.63, 3.8) is 0 Å². The van der Waals surface area contributed by atoms with Crippen molar-refractivity contribution in [1.29, 1.82) is 0 Å². The Kier molecular flexibility index (Phi) is 13.3. The van der Waals surface area contributed by atoms with Crippen LogP contribution in [0.2, 0.25) is 0 Å². The van der Waals surface area contributed by atoms with E-state index in [4.69, 9.17) is 15.5 Å². The minimum atomic E-state index is -2.00. The second-order valence-electron chi connectivity index (χ2n) is 16.1. The van der Waals surface area contributed by atoms with Gasteiger partial charge in [-0.25, -0.2) is 14.2 Å². The van der Waals surface area contributed by atoms with Crippen LogP contribution in [0.3, 0.4) is 0 Å². The lowest BCUT2D eigenvalue weighted by atomic mass is 9.81. The molecule has 2 aromatic carbocycles. The second kappa shape index (κ2) is 18.8. The van der Waals surface area contributed by atoms with Gasteiger partial charge in [-0.05, 0) is 67.3 Å². The Balaban J connectivity index is 0.943. The number of aliphatic hydroxyl groups is 1. The van der Waals surface area contributed by atoms with Crippen LogP contribution in [0, 0.1) is 12.7 Å². The average Bonchev–Trinajstić information content (AvgIpc) is 3.65. The largest absolute Gasteiger partial charge is 0.458 e. The molecule has 4 aromatic rings. The standard InChI is InChI=1S/C45H51FN8O9/c1-3-45(62)29-17-34-41-27(22-54(34)43(60)28(29)23-63-44(45)61)40-31(14-13-26-24(2)30(46)18-32(53-41)39(26)40)51-35(55)12-8-5-9-15-48-37(57)20-50-42(59)33(16-25-10-6-4-7-11-25)52-38(58)21-49-36(56)19-47/h4,6-7,10-11,17-18,31,33,62H,3,5,8-9,12-16,19-23,47H2,1-2H3,(H,48,57)(H,49,56)(H,50,59)(H,51,55)(H,52,58)/t31-,33?,45-/m0/s1. The number of esters is 1. The van der Waals surface area contributed by atoms with Gasteiger partial charge in [-0.2, -0.15) is 0 Å². The van der Waals surface area contributed by atoms with Gasteiger partial charge in [0.25, 0.3) is 5.56 Å². The van der Waals surface area contributed by atoms with Gasteiger partial charge in [-0.3, -0.25) is 28.8 Å². The molecule has 332 valence electrons. The SMILES string of the molecule is CC[C@@]1(O)C(=O)OCc2c1cc1n(c2=O)Cc2c-1nc1cc(F)c(C)c3c1c2[C@@H](NC(=O)CCCCCNC(=O)CNC(=O)C(Cc1ccccc1)NC(=O)CNC(=O)CN)CC3. The highest BCUT2D eigenvalue weighted by Crippen LogP contribution is 2.46. The third-order valence-corrected chi connectivity index (χ3v) is 12.1. The topological polar surface area (TPSA) is 253 Å². The molecule has 0 fully saturated rings. The Labute approximate surface area is 361 Å². The van der Waals surface area contributed by atoms with E-state index in [1.54, 1.807) is 44.2 Å². The molecule has 1 aliphatic carbocycles. The summed E-state index contributed by atoms with van der Waals surface area (Å²) in [4.78, 5) is 94.5. The molecule has 1 unspecified atom stereocenters. The lowest BCUT2D eigenvalue weighted by Crippen LogP contribution is -2.52. The smallest absolute Gasteiger partial charge is 0.343 e. The molecule has 7 rings (SSSR count). The van der Waals surface area contributed by atoms with Crippen molar-refractivity contribution in [1.82, 2.24) is 36.1 Å². The normalized spacial score (nSPS) is 17.4. The lowest BCUT2D eigenvalue weighted by Gasteiger charge is -2.31. The summed E-state index contributed by atoms with van der Waals surface area (Å²) < 4.78 is 22.0. The van der Waals surface area contributed by atoms with E-state index in [1.165, 1.54) is 10.6 Å². The van der Waals surface area contributed by atoms with Crippen molar-refractivity contribution in [3.8, 4) is 11.4 Å². The first-order chi connectivity index (χ1) is 30.2. The zero-order valence-corrected chi connectivity index (χ0v) is 35.2. The molecule has 3 atom stereocenters. The molecule has 18 heteroatoms. The Morgan fingerprint density at radius 3 is 2.48 bits per heavy atom. The molecule has 8 N–H and O–H groups in total. The molecule has 0 saturated carbocycles. The number of aromatic nitrogens is 2. The molecule has 3 aliphatic rings. The van der Waals surface area contributed by atoms with Gasteiger partial charge in [-0.1, -0.05) is 43.7 Å². The monoisotopic (exact) mass is 866 g/mol.